The van der Waals surface area contributed by atoms with Gasteiger partial charge in [-0.1, -0.05) is 18.2 Å². The summed E-state index contributed by atoms with van der Waals surface area (Å²) in [6.45, 7) is 1.04. The highest BCUT2D eigenvalue weighted by molar-refractivity contribution is 5.73. The van der Waals surface area contributed by atoms with Crippen LogP contribution in [0.25, 0.3) is 0 Å². The molecule has 1 aromatic carbocycles. The summed E-state index contributed by atoms with van der Waals surface area (Å²) in [5.74, 6) is 0.922. The molecule has 1 N–H and O–H groups in total. The molecule has 1 aliphatic rings. The van der Waals surface area contributed by atoms with Crippen LogP contribution in [0.15, 0.2) is 36.7 Å². The minimum Gasteiger partial charge on any atom is -0.488 e. The van der Waals surface area contributed by atoms with Gasteiger partial charge in [0.15, 0.2) is 0 Å². The highest BCUT2D eigenvalue weighted by Crippen LogP contribution is 2.27. The normalized spacial score (nSPS) is 16.0. The standard InChI is InChI=1S/C16H20N4O2/c1-19(10-12-8-18-20(2)11-12)16(21)17-9-14-7-13-5-3-4-6-15(13)22-14/h3-6,8,11,14H,7,9-10H2,1-2H3,(H,17,21)/t14-/m1/s1. The molecule has 0 fully saturated rings. The van der Waals surface area contributed by atoms with Crippen LogP contribution < -0.4 is 10.1 Å². The Balaban J connectivity index is 1.47. The van der Waals surface area contributed by atoms with E-state index in [1.165, 1.54) is 5.56 Å². The second-order valence-electron chi connectivity index (χ2n) is 5.62. The summed E-state index contributed by atoms with van der Waals surface area (Å²) >= 11 is 0. The summed E-state index contributed by atoms with van der Waals surface area (Å²) < 4.78 is 7.54. The van der Waals surface area contributed by atoms with Gasteiger partial charge in [0.25, 0.3) is 0 Å². The Kier molecular flexibility index (Phi) is 4.00. The molecule has 0 bridgehead atoms. The molecule has 0 unspecified atom stereocenters. The van der Waals surface area contributed by atoms with Crippen LogP contribution in [-0.4, -0.2) is 40.4 Å². The maximum absolute atomic E-state index is 12.1. The van der Waals surface area contributed by atoms with E-state index in [9.17, 15) is 4.79 Å². The molecule has 0 saturated carbocycles. The van der Waals surface area contributed by atoms with Crippen LogP contribution in [0.5, 0.6) is 5.75 Å². The van der Waals surface area contributed by atoms with Crippen molar-refractivity contribution in [1.29, 1.82) is 0 Å². The molecule has 6 nitrogen and oxygen atoms in total. The van der Waals surface area contributed by atoms with Gasteiger partial charge in [0.1, 0.15) is 11.9 Å². The van der Waals surface area contributed by atoms with E-state index in [2.05, 4.69) is 16.5 Å². The minimum atomic E-state index is -0.108. The van der Waals surface area contributed by atoms with Crippen molar-refractivity contribution < 1.29 is 9.53 Å². The number of carbonyl (C=O) groups excluding carboxylic acids is 1. The third-order valence-corrected chi connectivity index (χ3v) is 3.72. The smallest absolute Gasteiger partial charge is 0.317 e. The zero-order chi connectivity index (χ0) is 15.5. The Bertz CT molecular complexity index is 643. The van der Waals surface area contributed by atoms with Gasteiger partial charge in [-0.2, -0.15) is 5.10 Å². The first-order valence-electron chi connectivity index (χ1n) is 7.33. The van der Waals surface area contributed by atoms with Crippen LogP contribution in [0, 0.1) is 0 Å². The van der Waals surface area contributed by atoms with E-state index in [1.807, 2.05) is 31.4 Å². The predicted molar refractivity (Wildman–Crippen MR) is 82.6 cm³/mol. The van der Waals surface area contributed by atoms with Gasteiger partial charge in [0.05, 0.1) is 19.3 Å². The van der Waals surface area contributed by atoms with Crippen molar-refractivity contribution in [3.63, 3.8) is 0 Å². The van der Waals surface area contributed by atoms with E-state index in [0.29, 0.717) is 13.1 Å². The summed E-state index contributed by atoms with van der Waals surface area (Å²) in [4.78, 5) is 13.8. The number of benzene rings is 1. The van der Waals surface area contributed by atoms with Gasteiger partial charge >= 0.3 is 6.03 Å². The number of hydrogen-bond acceptors (Lipinski definition) is 3. The Morgan fingerprint density at radius 3 is 3.05 bits per heavy atom. The Morgan fingerprint density at radius 1 is 1.50 bits per heavy atom. The second kappa shape index (κ2) is 6.09. The van der Waals surface area contributed by atoms with Crippen LogP contribution >= 0.6 is 0 Å². The van der Waals surface area contributed by atoms with Crippen molar-refractivity contribution in [2.75, 3.05) is 13.6 Å². The average Bonchev–Trinajstić information content (AvgIpc) is 3.10. The topological polar surface area (TPSA) is 59.4 Å². The molecular weight excluding hydrogens is 280 g/mol. The first kappa shape index (κ1) is 14.4. The van der Waals surface area contributed by atoms with E-state index >= 15 is 0 Å². The fourth-order valence-corrected chi connectivity index (χ4v) is 2.60. The summed E-state index contributed by atoms with van der Waals surface area (Å²) in [7, 11) is 3.63. The monoisotopic (exact) mass is 300 g/mol. The van der Waals surface area contributed by atoms with Crippen molar-refractivity contribution in [2.45, 2.75) is 19.1 Å². The fourth-order valence-electron chi connectivity index (χ4n) is 2.60. The molecule has 1 aromatic heterocycles. The molecule has 1 aliphatic heterocycles. The molecule has 6 heteroatoms. The lowest BCUT2D eigenvalue weighted by Crippen LogP contribution is -2.41. The number of nitrogens with one attached hydrogen (secondary N) is 1. The molecule has 0 radical (unpaired) electrons. The highest BCUT2D eigenvalue weighted by Gasteiger charge is 2.23. The fraction of sp³-hybridized carbons (Fsp3) is 0.375. The van der Waals surface area contributed by atoms with Crippen molar-refractivity contribution in [1.82, 2.24) is 20.0 Å². The maximum Gasteiger partial charge on any atom is 0.317 e. The lowest BCUT2D eigenvalue weighted by Gasteiger charge is -2.19. The number of amides is 2. The van der Waals surface area contributed by atoms with E-state index < -0.39 is 0 Å². The van der Waals surface area contributed by atoms with E-state index in [4.69, 9.17) is 4.74 Å². The zero-order valence-corrected chi connectivity index (χ0v) is 12.8. The van der Waals surface area contributed by atoms with Gasteiger partial charge in [-0.3, -0.25) is 4.68 Å². The first-order valence-corrected chi connectivity index (χ1v) is 7.33. The number of aryl methyl sites for hydroxylation is 1. The molecular formula is C16H20N4O2. The van der Waals surface area contributed by atoms with Crippen LogP contribution in [0.3, 0.4) is 0 Å². The van der Waals surface area contributed by atoms with Gasteiger partial charge < -0.3 is 15.0 Å². The molecule has 2 heterocycles. The lowest BCUT2D eigenvalue weighted by molar-refractivity contribution is 0.191. The molecule has 116 valence electrons. The average molecular weight is 300 g/mol. The lowest BCUT2D eigenvalue weighted by atomic mass is 10.1. The van der Waals surface area contributed by atoms with Crippen molar-refractivity contribution in [3.05, 3.63) is 47.8 Å². The minimum absolute atomic E-state index is 0.00754. The molecule has 0 spiro atoms. The van der Waals surface area contributed by atoms with E-state index in [1.54, 1.807) is 22.8 Å². The number of urea groups is 1. The number of fused-ring (bicyclic) bond motifs is 1. The van der Waals surface area contributed by atoms with E-state index in [-0.39, 0.29) is 12.1 Å². The molecule has 2 amide bonds. The quantitative estimate of drug-likeness (QED) is 0.932. The Hall–Kier alpha value is -2.50. The molecule has 0 saturated heterocycles. The Morgan fingerprint density at radius 2 is 2.32 bits per heavy atom. The number of rotatable bonds is 4. The van der Waals surface area contributed by atoms with Gasteiger partial charge in [-0.15, -0.1) is 0 Å². The number of para-hydroxylation sites is 1. The van der Waals surface area contributed by atoms with Crippen LogP contribution in [0.4, 0.5) is 4.79 Å². The molecule has 0 aliphatic carbocycles. The summed E-state index contributed by atoms with van der Waals surface area (Å²) in [5, 5.41) is 7.02. The first-order chi connectivity index (χ1) is 10.6. The largest absolute Gasteiger partial charge is 0.488 e. The van der Waals surface area contributed by atoms with Gasteiger partial charge in [-0.25, -0.2) is 4.79 Å². The van der Waals surface area contributed by atoms with Gasteiger partial charge in [0.2, 0.25) is 0 Å². The van der Waals surface area contributed by atoms with Crippen LogP contribution in [0.1, 0.15) is 11.1 Å². The summed E-state index contributed by atoms with van der Waals surface area (Å²) in [6, 6.07) is 7.88. The molecule has 2 aromatic rings. The third kappa shape index (κ3) is 3.21. The van der Waals surface area contributed by atoms with E-state index in [0.717, 1.165) is 17.7 Å². The third-order valence-electron chi connectivity index (χ3n) is 3.72. The van der Waals surface area contributed by atoms with Crippen molar-refractivity contribution in [3.8, 4) is 5.75 Å². The molecule has 22 heavy (non-hydrogen) atoms. The van der Waals surface area contributed by atoms with Gasteiger partial charge in [0, 0.05) is 32.3 Å². The number of aromatic nitrogens is 2. The van der Waals surface area contributed by atoms with Crippen molar-refractivity contribution in [2.24, 2.45) is 7.05 Å². The number of nitrogens with zero attached hydrogens (tertiary/aromatic N) is 3. The Labute approximate surface area is 129 Å². The number of ether oxygens (including phenoxy) is 1. The molecule has 3 rings (SSSR count). The summed E-state index contributed by atoms with van der Waals surface area (Å²) in [5.41, 5.74) is 2.20. The second-order valence-corrected chi connectivity index (χ2v) is 5.62. The number of carbonyl (C=O) groups is 1. The molecule has 1 atom stereocenters. The predicted octanol–water partition coefficient (Wildman–Crippen LogP) is 1.57. The summed E-state index contributed by atoms with van der Waals surface area (Å²) in [6.07, 6.45) is 4.51. The zero-order valence-electron chi connectivity index (χ0n) is 12.8. The van der Waals surface area contributed by atoms with Crippen molar-refractivity contribution >= 4 is 6.03 Å². The SMILES string of the molecule is CN(Cc1cnn(C)c1)C(=O)NC[C@H]1Cc2ccccc2O1. The van der Waals surface area contributed by atoms with Gasteiger partial charge in [-0.05, 0) is 11.6 Å². The highest BCUT2D eigenvalue weighted by atomic mass is 16.5. The number of hydrogen-bond donors (Lipinski definition) is 1. The maximum atomic E-state index is 12.1. The van der Waals surface area contributed by atoms with Crippen LogP contribution in [-0.2, 0) is 20.0 Å². The van der Waals surface area contributed by atoms with Crippen LogP contribution in [0.2, 0.25) is 0 Å².